The molecule has 0 bridgehead atoms. The molecule has 0 amide bonds. The van der Waals surface area contributed by atoms with Crippen LogP contribution >= 0.6 is 0 Å². The molecule has 3 rings (SSSR count). The number of carbonyl (C=O) groups is 1. The van der Waals surface area contributed by atoms with Gasteiger partial charge in [0, 0.05) is 13.1 Å². The van der Waals surface area contributed by atoms with Gasteiger partial charge in [-0.05, 0) is 43.2 Å². The van der Waals surface area contributed by atoms with E-state index in [1.807, 2.05) is 0 Å². The summed E-state index contributed by atoms with van der Waals surface area (Å²) in [5.41, 5.74) is -1.16. The molecule has 0 saturated carbocycles. The van der Waals surface area contributed by atoms with E-state index in [1.54, 1.807) is 4.90 Å². The molecule has 1 fully saturated rings. The SMILES string of the molecule is NS(=O)(=O)c1cc(C(=O)O)cc(N2CCCC2)c1Oc1cccc(C(F)(F)F)c1. The molecule has 0 aromatic heterocycles. The summed E-state index contributed by atoms with van der Waals surface area (Å²) in [5.74, 6) is -1.94. The third-order valence-corrected chi connectivity index (χ3v) is 5.33. The van der Waals surface area contributed by atoms with Crippen molar-refractivity contribution in [2.75, 3.05) is 18.0 Å². The molecular formula is C18H17F3N2O5S. The highest BCUT2D eigenvalue weighted by molar-refractivity contribution is 7.89. The van der Waals surface area contributed by atoms with E-state index >= 15 is 0 Å². The minimum absolute atomic E-state index is 0.142. The number of carboxylic acid groups (broad SMARTS) is 1. The second kappa shape index (κ2) is 7.56. The molecular weight excluding hydrogens is 413 g/mol. The van der Waals surface area contributed by atoms with Crippen molar-refractivity contribution < 1.29 is 36.2 Å². The van der Waals surface area contributed by atoms with Gasteiger partial charge >= 0.3 is 12.1 Å². The summed E-state index contributed by atoms with van der Waals surface area (Å²) < 4.78 is 68.8. The number of hydrogen-bond donors (Lipinski definition) is 2. The summed E-state index contributed by atoms with van der Waals surface area (Å²) in [4.78, 5) is 12.6. The van der Waals surface area contributed by atoms with Crippen LogP contribution in [0.4, 0.5) is 18.9 Å². The van der Waals surface area contributed by atoms with E-state index in [-0.39, 0.29) is 22.7 Å². The van der Waals surface area contributed by atoms with Crippen LogP contribution in [0.15, 0.2) is 41.3 Å². The highest BCUT2D eigenvalue weighted by Gasteiger charge is 2.31. The van der Waals surface area contributed by atoms with Gasteiger partial charge in [-0.2, -0.15) is 13.2 Å². The van der Waals surface area contributed by atoms with Gasteiger partial charge in [-0.15, -0.1) is 0 Å². The zero-order chi connectivity index (χ0) is 21.4. The summed E-state index contributed by atoms with van der Waals surface area (Å²) in [6.45, 7) is 1.01. The number of rotatable bonds is 5. The summed E-state index contributed by atoms with van der Waals surface area (Å²) in [6, 6.07) is 6.00. The molecule has 29 heavy (non-hydrogen) atoms. The molecule has 1 aliphatic heterocycles. The third kappa shape index (κ3) is 4.62. The van der Waals surface area contributed by atoms with Crippen molar-refractivity contribution in [3.05, 3.63) is 47.5 Å². The number of carboxylic acids is 1. The summed E-state index contributed by atoms with van der Waals surface area (Å²) in [7, 11) is -4.44. The quantitative estimate of drug-likeness (QED) is 0.752. The van der Waals surface area contributed by atoms with Crippen molar-refractivity contribution in [2.45, 2.75) is 23.9 Å². The third-order valence-electron chi connectivity index (χ3n) is 4.42. The number of benzene rings is 2. The number of nitrogens with two attached hydrogens (primary N) is 1. The van der Waals surface area contributed by atoms with E-state index in [0.717, 1.165) is 37.1 Å². The van der Waals surface area contributed by atoms with Crippen molar-refractivity contribution in [3.63, 3.8) is 0 Å². The van der Waals surface area contributed by atoms with Gasteiger partial charge in [-0.3, -0.25) is 0 Å². The maximum atomic E-state index is 13.0. The first-order valence-corrected chi connectivity index (χ1v) is 10.1. The molecule has 0 atom stereocenters. The lowest BCUT2D eigenvalue weighted by Gasteiger charge is -2.23. The highest BCUT2D eigenvalue weighted by Crippen LogP contribution is 2.41. The normalized spacial score (nSPS) is 14.8. The minimum Gasteiger partial charge on any atom is -0.478 e. The van der Waals surface area contributed by atoms with Gasteiger partial charge in [0.25, 0.3) is 0 Å². The molecule has 0 spiro atoms. The predicted octanol–water partition coefficient (Wildman–Crippen LogP) is 3.44. The Balaban J connectivity index is 2.19. The lowest BCUT2D eigenvalue weighted by atomic mass is 10.1. The largest absolute Gasteiger partial charge is 0.478 e. The average molecular weight is 430 g/mol. The average Bonchev–Trinajstić information content (AvgIpc) is 3.14. The Morgan fingerprint density at radius 2 is 1.79 bits per heavy atom. The second-order valence-corrected chi connectivity index (χ2v) is 8.02. The zero-order valence-electron chi connectivity index (χ0n) is 14.9. The molecule has 7 nitrogen and oxygen atoms in total. The lowest BCUT2D eigenvalue weighted by molar-refractivity contribution is -0.137. The van der Waals surface area contributed by atoms with Crippen molar-refractivity contribution in [2.24, 2.45) is 5.14 Å². The van der Waals surface area contributed by atoms with Gasteiger partial charge in [0.15, 0.2) is 5.75 Å². The number of alkyl halides is 3. The molecule has 3 N–H and O–H groups in total. The van der Waals surface area contributed by atoms with Crippen LogP contribution in [0.2, 0.25) is 0 Å². The van der Waals surface area contributed by atoms with E-state index in [2.05, 4.69) is 0 Å². The van der Waals surface area contributed by atoms with E-state index in [1.165, 1.54) is 12.1 Å². The molecule has 1 heterocycles. The Hall–Kier alpha value is -2.79. The van der Waals surface area contributed by atoms with Gasteiger partial charge in [0.2, 0.25) is 10.0 Å². The Morgan fingerprint density at radius 1 is 1.14 bits per heavy atom. The lowest BCUT2D eigenvalue weighted by Crippen LogP contribution is -2.22. The number of nitrogens with zero attached hydrogens (tertiary/aromatic N) is 1. The fourth-order valence-corrected chi connectivity index (χ4v) is 3.77. The first kappa shape index (κ1) is 20.9. The number of anilines is 1. The Bertz CT molecular complexity index is 1050. The summed E-state index contributed by atoms with van der Waals surface area (Å²) >= 11 is 0. The van der Waals surface area contributed by atoms with Crippen LogP contribution < -0.4 is 14.8 Å². The maximum absolute atomic E-state index is 13.0. The molecule has 2 aromatic rings. The van der Waals surface area contributed by atoms with Crippen LogP contribution in [-0.4, -0.2) is 32.6 Å². The van der Waals surface area contributed by atoms with Crippen LogP contribution in [0.25, 0.3) is 0 Å². The molecule has 11 heteroatoms. The van der Waals surface area contributed by atoms with Crippen molar-refractivity contribution in [1.29, 1.82) is 0 Å². The Kier molecular flexibility index (Phi) is 5.46. The van der Waals surface area contributed by atoms with Crippen molar-refractivity contribution >= 4 is 21.7 Å². The van der Waals surface area contributed by atoms with E-state index in [0.29, 0.717) is 13.1 Å². The Labute approximate surface area is 164 Å². The first-order valence-electron chi connectivity index (χ1n) is 8.51. The monoisotopic (exact) mass is 430 g/mol. The fraction of sp³-hybridized carbons (Fsp3) is 0.278. The van der Waals surface area contributed by atoms with Gasteiger partial charge in [-0.1, -0.05) is 6.07 Å². The predicted molar refractivity (Wildman–Crippen MR) is 97.7 cm³/mol. The maximum Gasteiger partial charge on any atom is 0.416 e. The number of primary sulfonamides is 1. The number of halogens is 3. The Morgan fingerprint density at radius 3 is 2.34 bits per heavy atom. The smallest absolute Gasteiger partial charge is 0.416 e. The van der Waals surface area contributed by atoms with Gasteiger partial charge in [0.05, 0.1) is 16.8 Å². The van der Waals surface area contributed by atoms with E-state index in [4.69, 9.17) is 9.88 Å². The van der Waals surface area contributed by atoms with Crippen molar-refractivity contribution in [1.82, 2.24) is 0 Å². The number of aromatic carboxylic acids is 1. The summed E-state index contributed by atoms with van der Waals surface area (Å²) in [6.07, 6.45) is -3.05. The summed E-state index contributed by atoms with van der Waals surface area (Å²) in [5, 5.41) is 14.6. The number of hydrogen-bond acceptors (Lipinski definition) is 5. The molecule has 2 aromatic carbocycles. The van der Waals surface area contributed by atoms with E-state index in [9.17, 15) is 31.5 Å². The topological polar surface area (TPSA) is 110 Å². The molecule has 1 saturated heterocycles. The minimum atomic E-state index is -4.62. The van der Waals surface area contributed by atoms with Gasteiger partial charge in [-0.25, -0.2) is 18.4 Å². The van der Waals surface area contributed by atoms with Crippen LogP contribution in [0.3, 0.4) is 0 Å². The van der Waals surface area contributed by atoms with Gasteiger partial charge < -0.3 is 14.7 Å². The molecule has 156 valence electrons. The van der Waals surface area contributed by atoms with Crippen LogP contribution in [0.5, 0.6) is 11.5 Å². The highest BCUT2D eigenvalue weighted by atomic mass is 32.2. The van der Waals surface area contributed by atoms with Crippen LogP contribution in [0, 0.1) is 0 Å². The molecule has 0 unspecified atom stereocenters. The van der Waals surface area contributed by atoms with E-state index < -0.39 is 32.6 Å². The first-order chi connectivity index (χ1) is 13.5. The standard InChI is InChI=1S/C18H17F3N2O5S/c19-18(20,21)12-4-3-5-13(10-12)28-16-14(23-6-1-2-7-23)8-11(17(24)25)9-15(16)29(22,26)27/h3-5,8-10H,1-2,6-7H2,(H,24,25)(H2,22,26,27). The fourth-order valence-electron chi connectivity index (χ4n) is 3.07. The molecule has 1 aliphatic rings. The van der Waals surface area contributed by atoms with Crippen molar-refractivity contribution in [3.8, 4) is 11.5 Å². The molecule has 0 aliphatic carbocycles. The second-order valence-electron chi connectivity index (χ2n) is 6.49. The number of ether oxygens (including phenoxy) is 1. The molecule has 0 radical (unpaired) electrons. The van der Waals surface area contributed by atoms with Gasteiger partial charge in [0.1, 0.15) is 10.6 Å². The van der Waals surface area contributed by atoms with Crippen LogP contribution in [0.1, 0.15) is 28.8 Å². The number of sulfonamides is 1. The van der Waals surface area contributed by atoms with Crippen LogP contribution in [-0.2, 0) is 16.2 Å². The zero-order valence-corrected chi connectivity index (χ0v) is 15.8.